The Morgan fingerprint density at radius 3 is 2.48 bits per heavy atom. The van der Waals surface area contributed by atoms with Gasteiger partial charge in [0.15, 0.2) is 5.69 Å². The summed E-state index contributed by atoms with van der Waals surface area (Å²) in [5.74, 6) is 0. The van der Waals surface area contributed by atoms with E-state index in [1.54, 1.807) is 10.7 Å². The van der Waals surface area contributed by atoms with Gasteiger partial charge in [0.1, 0.15) is 6.07 Å². The van der Waals surface area contributed by atoms with Crippen molar-refractivity contribution in [1.29, 1.82) is 5.26 Å². The quantitative estimate of drug-likeness (QED) is 0.793. The molecule has 0 spiro atoms. The Morgan fingerprint density at radius 1 is 1.15 bits per heavy atom. The fourth-order valence-electron chi connectivity index (χ4n) is 3.36. The molecule has 0 bridgehead atoms. The van der Waals surface area contributed by atoms with Gasteiger partial charge in [0, 0.05) is 13.1 Å². The summed E-state index contributed by atoms with van der Waals surface area (Å²) in [6.45, 7) is 11.4. The van der Waals surface area contributed by atoms with Gasteiger partial charge < -0.3 is 0 Å². The van der Waals surface area contributed by atoms with E-state index >= 15 is 0 Å². The summed E-state index contributed by atoms with van der Waals surface area (Å²) in [4.78, 5) is 0.376. The average Bonchev–Trinajstić information content (AvgIpc) is 2.86. The fourth-order valence-corrected chi connectivity index (χ4v) is 5.13. The number of benzene rings is 1. The monoisotopic (exact) mass is 386 g/mol. The molecule has 0 radical (unpaired) electrons. The van der Waals surface area contributed by atoms with Crippen molar-refractivity contribution in [3.8, 4) is 6.07 Å². The Morgan fingerprint density at radius 2 is 1.85 bits per heavy atom. The van der Waals surface area contributed by atoms with Gasteiger partial charge in [0.2, 0.25) is 10.0 Å². The first-order valence-electron chi connectivity index (χ1n) is 9.13. The molecule has 0 amide bonds. The van der Waals surface area contributed by atoms with E-state index in [2.05, 4.69) is 31.9 Å². The van der Waals surface area contributed by atoms with E-state index in [0.29, 0.717) is 30.1 Å². The predicted molar refractivity (Wildman–Crippen MR) is 104 cm³/mol. The third-order valence-corrected chi connectivity index (χ3v) is 7.17. The van der Waals surface area contributed by atoms with E-state index in [9.17, 15) is 8.42 Å². The Labute approximate surface area is 161 Å². The average molecular weight is 387 g/mol. The van der Waals surface area contributed by atoms with E-state index < -0.39 is 10.0 Å². The highest BCUT2D eigenvalue weighted by Gasteiger charge is 2.31. The molecule has 0 unspecified atom stereocenters. The summed E-state index contributed by atoms with van der Waals surface area (Å²) < 4.78 is 30.3. The van der Waals surface area contributed by atoms with Crippen molar-refractivity contribution in [3.63, 3.8) is 0 Å². The Bertz CT molecular complexity index is 1020. The minimum Gasteiger partial charge on any atom is -0.267 e. The molecule has 2 heterocycles. The Kier molecular flexibility index (Phi) is 4.91. The van der Waals surface area contributed by atoms with Gasteiger partial charge in [-0.1, -0.05) is 26.8 Å². The summed E-state index contributed by atoms with van der Waals surface area (Å²) in [7, 11) is -3.65. The predicted octanol–water partition coefficient (Wildman–Crippen LogP) is 3.26. The third-order valence-electron chi connectivity index (χ3n) is 5.20. The zero-order chi connectivity index (χ0) is 20.0. The van der Waals surface area contributed by atoms with Crippen LogP contribution in [0.3, 0.4) is 0 Å². The molecule has 6 nitrogen and oxygen atoms in total. The number of hydrogen-bond acceptors (Lipinski definition) is 4. The highest BCUT2D eigenvalue weighted by atomic mass is 32.2. The molecule has 0 aliphatic carbocycles. The molecule has 0 N–H and O–H groups in total. The van der Waals surface area contributed by atoms with Crippen LogP contribution in [0.25, 0.3) is 0 Å². The zero-order valence-corrected chi connectivity index (χ0v) is 17.4. The summed E-state index contributed by atoms with van der Waals surface area (Å²) in [6, 6.07) is 7.60. The summed E-state index contributed by atoms with van der Waals surface area (Å²) in [5, 5.41) is 13.3. The van der Waals surface area contributed by atoms with Crippen molar-refractivity contribution in [1.82, 2.24) is 14.1 Å². The highest BCUT2D eigenvalue weighted by Crippen LogP contribution is 2.31. The van der Waals surface area contributed by atoms with Crippen molar-refractivity contribution in [2.45, 2.75) is 64.4 Å². The van der Waals surface area contributed by atoms with E-state index in [1.807, 2.05) is 26.0 Å². The standard InChI is InChI=1S/C20H26N4O2S/c1-14-9-16(20(3,4)5)10-19(15(14)2)27(25,26)23-7-6-8-24-18(13-23)11-17(12-21)22-24/h9-11H,6-8,13H2,1-5H3. The number of fused-ring (bicyclic) bond motifs is 1. The Hall–Kier alpha value is -2.17. The van der Waals surface area contributed by atoms with Crippen molar-refractivity contribution < 1.29 is 8.42 Å². The van der Waals surface area contributed by atoms with Crippen LogP contribution in [0.5, 0.6) is 0 Å². The molecular weight excluding hydrogens is 360 g/mol. The largest absolute Gasteiger partial charge is 0.267 e. The van der Waals surface area contributed by atoms with Crippen LogP contribution in [-0.4, -0.2) is 29.0 Å². The lowest BCUT2D eigenvalue weighted by Crippen LogP contribution is -2.32. The molecule has 0 fully saturated rings. The van der Waals surface area contributed by atoms with E-state index in [4.69, 9.17) is 5.26 Å². The van der Waals surface area contributed by atoms with E-state index in [1.165, 1.54) is 4.31 Å². The maximum Gasteiger partial charge on any atom is 0.243 e. The van der Waals surface area contributed by atoms with E-state index in [0.717, 1.165) is 22.4 Å². The third kappa shape index (κ3) is 3.64. The van der Waals surface area contributed by atoms with Crippen molar-refractivity contribution >= 4 is 10.0 Å². The lowest BCUT2D eigenvalue weighted by Gasteiger charge is -2.25. The highest BCUT2D eigenvalue weighted by molar-refractivity contribution is 7.89. The fraction of sp³-hybridized carbons (Fsp3) is 0.500. The van der Waals surface area contributed by atoms with Crippen molar-refractivity contribution in [3.05, 3.63) is 46.3 Å². The lowest BCUT2D eigenvalue weighted by molar-refractivity contribution is 0.409. The van der Waals surface area contributed by atoms with Crippen molar-refractivity contribution in [2.24, 2.45) is 0 Å². The lowest BCUT2D eigenvalue weighted by atomic mass is 9.85. The van der Waals surface area contributed by atoms with Gasteiger partial charge in [0.25, 0.3) is 0 Å². The number of nitriles is 1. The zero-order valence-electron chi connectivity index (χ0n) is 16.6. The smallest absolute Gasteiger partial charge is 0.243 e. The van der Waals surface area contributed by atoms with E-state index in [-0.39, 0.29) is 12.0 Å². The first kappa shape index (κ1) is 19.6. The van der Waals surface area contributed by atoms with Gasteiger partial charge in [0.05, 0.1) is 17.1 Å². The first-order chi connectivity index (χ1) is 12.5. The molecule has 7 heteroatoms. The van der Waals surface area contributed by atoms with Crippen LogP contribution in [0, 0.1) is 25.2 Å². The molecular formula is C20H26N4O2S. The molecule has 144 valence electrons. The minimum atomic E-state index is -3.65. The number of sulfonamides is 1. The molecule has 0 saturated carbocycles. The number of rotatable bonds is 2. The van der Waals surface area contributed by atoms with Gasteiger partial charge >= 0.3 is 0 Å². The SMILES string of the molecule is Cc1cc(C(C)(C)C)cc(S(=O)(=O)N2CCCn3nc(C#N)cc3C2)c1C. The van der Waals surface area contributed by atoms with Gasteiger partial charge in [-0.3, -0.25) is 4.68 Å². The second-order valence-corrected chi connectivity index (χ2v) is 10.1. The summed E-state index contributed by atoms with van der Waals surface area (Å²) in [6.07, 6.45) is 0.662. The van der Waals surface area contributed by atoms with Gasteiger partial charge in [-0.25, -0.2) is 8.42 Å². The maximum absolute atomic E-state index is 13.5. The molecule has 0 saturated heterocycles. The van der Waals surface area contributed by atoms with Crippen molar-refractivity contribution in [2.75, 3.05) is 6.54 Å². The van der Waals surface area contributed by atoms with Crippen LogP contribution in [0.4, 0.5) is 0 Å². The molecule has 0 atom stereocenters. The number of nitrogens with zero attached hydrogens (tertiary/aromatic N) is 4. The Balaban J connectivity index is 2.06. The summed E-state index contributed by atoms with van der Waals surface area (Å²) >= 11 is 0. The first-order valence-corrected chi connectivity index (χ1v) is 10.6. The molecule has 1 aliphatic heterocycles. The normalized spacial score (nSPS) is 15.9. The van der Waals surface area contributed by atoms with Crippen LogP contribution in [0.2, 0.25) is 0 Å². The van der Waals surface area contributed by atoms with Crippen LogP contribution in [0.1, 0.15) is 55.3 Å². The van der Waals surface area contributed by atoms with Gasteiger partial charge in [-0.15, -0.1) is 0 Å². The van der Waals surface area contributed by atoms with Gasteiger partial charge in [-0.2, -0.15) is 14.7 Å². The molecule has 1 aliphatic rings. The molecule has 27 heavy (non-hydrogen) atoms. The second kappa shape index (κ2) is 6.77. The number of hydrogen-bond donors (Lipinski definition) is 0. The summed E-state index contributed by atoms with van der Waals surface area (Å²) in [5.41, 5.74) is 3.73. The molecule has 1 aromatic carbocycles. The minimum absolute atomic E-state index is 0.137. The molecule has 2 aromatic rings. The van der Waals surface area contributed by atoms with Crippen LogP contribution in [0.15, 0.2) is 23.1 Å². The molecule has 3 rings (SSSR count). The molecule has 1 aromatic heterocycles. The van der Waals surface area contributed by atoms with Crippen LogP contribution < -0.4 is 0 Å². The van der Waals surface area contributed by atoms with Crippen LogP contribution >= 0.6 is 0 Å². The number of aryl methyl sites for hydroxylation is 2. The number of aromatic nitrogens is 2. The maximum atomic E-state index is 13.5. The topological polar surface area (TPSA) is 79.0 Å². The van der Waals surface area contributed by atoms with Gasteiger partial charge in [-0.05, 0) is 54.5 Å². The van der Waals surface area contributed by atoms with Crippen LogP contribution in [-0.2, 0) is 28.5 Å². The second-order valence-electron chi connectivity index (χ2n) is 8.21.